The number of benzene rings is 1. The lowest BCUT2D eigenvalue weighted by Gasteiger charge is -2.16. The van der Waals surface area contributed by atoms with Crippen LogP contribution in [0.15, 0.2) is 18.2 Å². The summed E-state index contributed by atoms with van der Waals surface area (Å²) in [5, 5.41) is 4.61. The van der Waals surface area contributed by atoms with Crippen LogP contribution in [0.25, 0.3) is 11.3 Å². The zero-order valence-electron chi connectivity index (χ0n) is 11.9. The molecule has 1 fully saturated rings. The van der Waals surface area contributed by atoms with E-state index in [2.05, 4.69) is 30.4 Å². The number of aromatic nitrogens is 1. The van der Waals surface area contributed by atoms with Crippen molar-refractivity contribution in [1.82, 2.24) is 4.98 Å². The fourth-order valence-corrected chi connectivity index (χ4v) is 3.92. The van der Waals surface area contributed by atoms with Gasteiger partial charge in [0.05, 0.1) is 5.69 Å². The molecule has 0 unspecified atom stereocenters. The molecule has 20 heavy (non-hydrogen) atoms. The van der Waals surface area contributed by atoms with Gasteiger partial charge < -0.3 is 5.32 Å². The number of thiazole rings is 1. The van der Waals surface area contributed by atoms with Gasteiger partial charge in [-0.05, 0) is 62.6 Å². The van der Waals surface area contributed by atoms with E-state index in [0.717, 1.165) is 5.13 Å². The van der Waals surface area contributed by atoms with Crippen molar-refractivity contribution in [3.8, 4) is 11.3 Å². The summed E-state index contributed by atoms with van der Waals surface area (Å²) in [5.74, 6) is 0. The monoisotopic (exact) mass is 284 g/mol. The molecule has 4 rings (SSSR count). The van der Waals surface area contributed by atoms with Crippen molar-refractivity contribution in [2.24, 2.45) is 0 Å². The Labute approximate surface area is 124 Å². The molecule has 0 spiro atoms. The Hall–Kier alpha value is -1.35. The lowest BCUT2D eigenvalue weighted by atomic mass is 9.90. The predicted octanol–water partition coefficient (Wildman–Crippen LogP) is 4.57. The molecule has 0 bridgehead atoms. The van der Waals surface area contributed by atoms with E-state index in [9.17, 15) is 0 Å². The van der Waals surface area contributed by atoms with Crippen molar-refractivity contribution in [3.05, 3.63) is 34.2 Å². The zero-order valence-corrected chi connectivity index (χ0v) is 12.7. The molecule has 2 aliphatic rings. The summed E-state index contributed by atoms with van der Waals surface area (Å²) in [6, 6.07) is 7.62. The summed E-state index contributed by atoms with van der Waals surface area (Å²) in [6.07, 6.45) is 7.76. The highest BCUT2D eigenvalue weighted by Gasteiger charge is 2.23. The Bertz CT molecular complexity index is 640. The van der Waals surface area contributed by atoms with E-state index >= 15 is 0 Å². The van der Waals surface area contributed by atoms with E-state index < -0.39 is 0 Å². The van der Waals surface area contributed by atoms with Crippen LogP contribution in [-0.4, -0.2) is 11.0 Å². The van der Waals surface area contributed by atoms with Crippen molar-refractivity contribution in [2.75, 3.05) is 5.32 Å². The minimum absolute atomic E-state index is 0.678. The third-order valence-corrected chi connectivity index (χ3v) is 5.23. The average molecular weight is 284 g/mol. The van der Waals surface area contributed by atoms with Crippen LogP contribution in [0.5, 0.6) is 0 Å². The largest absolute Gasteiger partial charge is 0.359 e. The molecule has 104 valence electrons. The molecule has 3 heteroatoms. The van der Waals surface area contributed by atoms with Gasteiger partial charge in [0.25, 0.3) is 0 Å². The first-order valence-electron chi connectivity index (χ1n) is 7.66. The smallest absolute Gasteiger partial charge is 0.183 e. The van der Waals surface area contributed by atoms with Gasteiger partial charge in [-0.2, -0.15) is 0 Å². The Balaban J connectivity index is 1.67. The second-order valence-electron chi connectivity index (χ2n) is 6.03. The lowest BCUT2D eigenvalue weighted by molar-refractivity contribution is 0.686. The maximum Gasteiger partial charge on any atom is 0.183 e. The van der Waals surface area contributed by atoms with Crippen LogP contribution in [0.1, 0.15) is 41.7 Å². The highest BCUT2D eigenvalue weighted by molar-refractivity contribution is 7.16. The number of anilines is 1. The van der Waals surface area contributed by atoms with Crippen molar-refractivity contribution in [1.29, 1.82) is 0 Å². The van der Waals surface area contributed by atoms with Crippen LogP contribution in [0, 0.1) is 6.92 Å². The van der Waals surface area contributed by atoms with Crippen LogP contribution in [0.3, 0.4) is 0 Å². The third kappa shape index (κ3) is 2.35. The van der Waals surface area contributed by atoms with E-state index in [4.69, 9.17) is 4.98 Å². The van der Waals surface area contributed by atoms with Gasteiger partial charge in [0.1, 0.15) is 0 Å². The molecule has 0 aliphatic heterocycles. The van der Waals surface area contributed by atoms with Crippen LogP contribution in [-0.2, 0) is 12.8 Å². The molecule has 2 nitrogen and oxygen atoms in total. The summed E-state index contributed by atoms with van der Waals surface area (Å²) in [5.41, 5.74) is 5.55. The number of hydrogen-bond acceptors (Lipinski definition) is 3. The number of hydrogen-bond donors (Lipinski definition) is 1. The van der Waals surface area contributed by atoms with Gasteiger partial charge in [-0.15, -0.1) is 11.3 Å². The third-order valence-electron chi connectivity index (χ3n) is 4.32. The molecule has 1 aromatic heterocycles. The number of fused-ring (bicyclic) bond motifs is 1. The number of rotatable bonds is 3. The van der Waals surface area contributed by atoms with Crippen molar-refractivity contribution < 1.29 is 0 Å². The average Bonchev–Trinajstić information content (AvgIpc) is 3.20. The van der Waals surface area contributed by atoms with Crippen LogP contribution < -0.4 is 5.32 Å². The van der Waals surface area contributed by atoms with Crippen molar-refractivity contribution >= 4 is 16.5 Å². The highest BCUT2D eigenvalue weighted by atomic mass is 32.1. The number of nitrogens with zero attached hydrogens (tertiary/aromatic N) is 1. The SMILES string of the molecule is Cc1sc(NC2CC2)nc1-c1ccc2c(c1)CCCC2. The minimum atomic E-state index is 0.678. The molecular weight excluding hydrogens is 264 g/mol. The van der Waals surface area contributed by atoms with E-state index in [0.29, 0.717) is 6.04 Å². The van der Waals surface area contributed by atoms with Gasteiger partial charge in [-0.1, -0.05) is 12.1 Å². The van der Waals surface area contributed by atoms with Gasteiger partial charge in [0.2, 0.25) is 0 Å². The van der Waals surface area contributed by atoms with Crippen LogP contribution in [0.2, 0.25) is 0 Å². The second-order valence-corrected chi connectivity index (χ2v) is 7.24. The summed E-state index contributed by atoms with van der Waals surface area (Å²) in [7, 11) is 0. The van der Waals surface area contributed by atoms with Gasteiger partial charge in [-0.25, -0.2) is 4.98 Å². The molecule has 2 aliphatic carbocycles. The topological polar surface area (TPSA) is 24.9 Å². The first-order chi connectivity index (χ1) is 9.79. The van der Waals surface area contributed by atoms with Crippen molar-refractivity contribution in [2.45, 2.75) is 51.5 Å². The van der Waals surface area contributed by atoms with Gasteiger partial charge in [0, 0.05) is 16.5 Å². The molecule has 0 amide bonds. The zero-order chi connectivity index (χ0) is 13.5. The summed E-state index contributed by atoms with van der Waals surface area (Å²) in [4.78, 5) is 6.14. The minimum Gasteiger partial charge on any atom is -0.359 e. The Morgan fingerprint density at radius 2 is 1.95 bits per heavy atom. The normalized spacial score (nSPS) is 17.9. The van der Waals surface area contributed by atoms with E-state index in [-0.39, 0.29) is 0 Å². The fourth-order valence-electron chi connectivity index (χ4n) is 3.01. The van der Waals surface area contributed by atoms with Crippen molar-refractivity contribution in [3.63, 3.8) is 0 Å². The molecule has 1 aromatic carbocycles. The molecule has 0 saturated heterocycles. The van der Waals surface area contributed by atoms with Gasteiger partial charge >= 0.3 is 0 Å². The standard InChI is InChI=1S/C17H20N2S/c1-11-16(19-17(20-11)18-15-8-9-15)14-7-6-12-4-2-3-5-13(12)10-14/h6-7,10,15H,2-5,8-9H2,1H3,(H,18,19). The molecule has 0 radical (unpaired) electrons. The fraction of sp³-hybridized carbons (Fsp3) is 0.471. The first kappa shape index (κ1) is 12.4. The summed E-state index contributed by atoms with van der Waals surface area (Å²) in [6.45, 7) is 2.19. The van der Waals surface area contributed by atoms with Gasteiger partial charge in [-0.3, -0.25) is 0 Å². The lowest BCUT2D eigenvalue weighted by Crippen LogP contribution is -2.02. The molecule has 1 saturated carbocycles. The summed E-state index contributed by atoms with van der Waals surface area (Å²) < 4.78 is 0. The van der Waals surface area contributed by atoms with E-state index in [1.807, 2.05) is 0 Å². The Morgan fingerprint density at radius 1 is 1.15 bits per heavy atom. The Morgan fingerprint density at radius 3 is 2.75 bits per heavy atom. The molecule has 1 N–H and O–H groups in total. The molecule has 2 aromatic rings. The van der Waals surface area contributed by atoms with Crippen LogP contribution in [0.4, 0.5) is 5.13 Å². The second kappa shape index (κ2) is 4.88. The highest BCUT2D eigenvalue weighted by Crippen LogP contribution is 2.35. The molecule has 1 heterocycles. The van der Waals surface area contributed by atoms with E-state index in [1.54, 1.807) is 16.9 Å². The van der Waals surface area contributed by atoms with E-state index in [1.165, 1.54) is 60.2 Å². The predicted molar refractivity (Wildman–Crippen MR) is 85.6 cm³/mol. The number of aryl methyl sites for hydroxylation is 3. The maximum atomic E-state index is 4.82. The quantitative estimate of drug-likeness (QED) is 0.893. The number of nitrogens with one attached hydrogen (secondary N) is 1. The first-order valence-corrected chi connectivity index (χ1v) is 8.47. The molecule has 0 atom stereocenters. The Kier molecular flexibility index (Phi) is 3.03. The maximum absolute atomic E-state index is 4.82. The molecular formula is C17H20N2S. The summed E-state index contributed by atoms with van der Waals surface area (Å²) >= 11 is 1.79. The van der Waals surface area contributed by atoms with Crippen LogP contribution >= 0.6 is 11.3 Å². The van der Waals surface area contributed by atoms with Gasteiger partial charge in [0.15, 0.2) is 5.13 Å².